The summed E-state index contributed by atoms with van der Waals surface area (Å²) in [6, 6.07) is 11.2. The van der Waals surface area contributed by atoms with Gasteiger partial charge in [-0.3, -0.25) is 9.48 Å². The van der Waals surface area contributed by atoms with Crippen LogP contribution in [0.15, 0.2) is 41.8 Å². The average Bonchev–Trinajstić information content (AvgIpc) is 3.30. The first-order valence-corrected chi connectivity index (χ1v) is 10.6. The fourth-order valence-corrected chi connectivity index (χ4v) is 4.30. The Morgan fingerprint density at radius 1 is 1.17 bits per heavy atom. The molecular weight excluding hydrogens is 400 g/mol. The summed E-state index contributed by atoms with van der Waals surface area (Å²) in [5.74, 6) is 1.12. The molecule has 0 saturated carbocycles. The summed E-state index contributed by atoms with van der Waals surface area (Å²) < 4.78 is 13.1. The number of amides is 1. The Morgan fingerprint density at radius 3 is 2.80 bits per heavy atom. The van der Waals surface area contributed by atoms with Gasteiger partial charge in [0.2, 0.25) is 0 Å². The number of aryl methyl sites for hydroxylation is 2. The second kappa shape index (κ2) is 7.46. The zero-order chi connectivity index (χ0) is 20.7. The lowest BCUT2D eigenvalue weighted by molar-refractivity contribution is 0.102. The zero-order valence-corrected chi connectivity index (χ0v) is 17.5. The van der Waals surface area contributed by atoms with Gasteiger partial charge in [0, 0.05) is 25.2 Å². The number of aromatic nitrogens is 3. The van der Waals surface area contributed by atoms with Crippen molar-refractivity contribution in [2.45, 2.75) is 13.3 Å². The zero-order valence-electron chi connectivity index (χ0n) is 16.6. The maximum Gasteiger partial charge on any atom is 0.256 e. The fraction of sp³-hybridized carbons (Fsp3) is 0.227. The van der Waals surface area contributed by atoms with Gasteiger partial charge in [-0.1, -0.05) is 6.07 Å². The van der Waals surface area contributed by atoms with E-state index in [4.69, 9.17) is 14.5 Å². The minimum absolute atomic E-state index is 0.217. The third-order valence-corrected chi connectivity index (χ3v) is 5.88. The van der Waals surface area contributed by atoms with Gasteiger partial charge in [0.25, 0.3) is 5.91 Å². The molecule has 0 aliphatic carbocycles. The Balaban J connectivity index is 1.55. The lowest BCUT2D eigenvalue weighted by Gasteiger charge is -2.11. The lowest BCUT2D eigenvalue weighted by Crippen LogP contribution is -2.13. The second-order valence-corrected chi connectivity index (χ2v) is 8.05. The van der Waals surface area contributed by atoms with Crippen molar-refractivity contribution in [3.8, 4) is 22.1 Å². The first-order valence-electron chi connectivity index (χ1n) is 9.69. The summed E-state index contributed by atoms with van der Waals surface area (Å²) >= 11 is 1.58. The normalized spacial score (nSPS) is 13.3. The lowest BCUT2D eigenvalue weighted by atomic mass is 10.1. The SMILES string of the molecule is Cc1nn(C)c2nc(-c3cccs3)cc(C(=O)Nc3ccc4c(c3)OCCCO4)c12. The molecule has 3 aromatic heterocycles. The van der Waals surface area contributed by atoms with Gasteiger partial charge in [0.1, 0.15) is 0 Å². The van der Waals surface area contributed by atoms with Gasteiger partial charge in [-0.2, -0.15) is 5.10 Å². The maximum atomic E-state index is 13.3. The number of fused-ring (bicyclic) bond motifs is 2. The van der Waals surface area contributed by atoms with E-state index in [2.05, 4.69) is 10.4 Å². The molecule has 4 aromatic rings. The molecule has 0 atom stereocenters. The highest BCUT2D eigenvalue weighted by atomic mass is 32.1. The van der Waals surface area contributed by atoms with Crippen molar-refractivity contribution in [1.29, 1.82) is 0 Å². The fourth-order valence-electron chi connectivity index (χ4n) is 3.61. The van der Waals surface area contributed by atoms with Crippen LogP contribution in [0.1, 0.15) is 22.5 Å². The van der Waals surface area contributed by atoms with Crippen molar-refractivity contribution in [2.24, 2.45) is 7.05 Å². The van der Waals surface area contributed by atoms with Crippen molar-refractivity contribution < 1.29 is 14.3 Å². The average molecular weight is 420 g/mol. The largest absolute Gasteiger partial charge is 0.490 e. The first kappa shape index (κ1) is 18.6. The molecule has 30 heavy (non-hydrogen) atoms. The van der Waals surface area contributed by atoms with Gasteiger partial charge in [0.15, 0.2) is 17.1 Å². The van der Waals surface area contributed by atoms with Crippen molar-refractivity contribution in [1.82, 2.24) is 14.8 Å². The first-order chi connectivity index (χ1) is 14.6. The highest BCUT2D eigenvalue weighted by Crippen LogP contribution is 2.33. The van der Waals surface area contributed by atoms with Crippen LogP contribution in [0.25, 0.3) is 21.6 Å². The number of benzene rings is 1. The Bertz CT molecular complexity index is 1250. The molecule has 0 fully saturated rings. The summed E-state index contributed by atoms with van der Waals surface area (Å²) in [7, 11) is 1.84. The van der Waals surface area contributed by atoms with E-state index in [1.54, 1.807) is 22.1 Å². The molecule has 152 valence electrons. The number of carbonyl (C=O) groups is 1. The predicted octanol–water partition coefficient (Wildman–Crippen LogP) is 4.42. The van der Waals surface area contributed by atoms with Crippen molar-refractivity contribution in [3.05, 3.63) is 53.0 Å². The van der Waals surface area contributed by atoms with Crippen LogP contribution in [0.5, 0.6) is 11.5 Å². The summed E-state index contributed by atoms with van der Waals surface area (Å²) in [5.41, 5.74) is 3.39. The van der Waals surface area contributed by atoms with Crippen LogP contribution < -0.4 is 14.8 Å². The van der Waals surface area contributed by atoms with E-state index in [-0.39, 0.29) is 5.91 Å². The predicted molar refractivity (Wildman–Crippen MR) is 117 cm³/mol. The molecule has 0 saturated heterocycles. The van der Waals surface area contributed by atoms with Gasteiger partial charge in [0.05, 0.1) is 40.4 Å². The summed E-state index contributed by atoms with van der Waals surface area (Å²) in [6.07, 6.45) is 0.831. The van der Waals surface area contributed by atoms with E-state index in [0.29, 0.717) is 41.6 Å². The number of pyridine rings is 1. The van der Waals surface area contributed by atoms with Crippen LogP contribution in [0.3, 0.4) is 0 Å². The van der Waals surface area contributed by atoms with Crippen LogP contribution in [0.2, 0.25) is 0 Å². The van der Waals surface area contributed by atoms with Crippen LogP contribution in [0.4, 0.5) is 5.69 Å². The molecule has 0 bridgehead atoms. The van der Waals surface area contributed by atoms with Gasteiger partial charge in [-0.15, -0.1) is 11.3 Å². The molecule has 7 nitrogen and oxygen atoms in total. The van der Waals surface area contributed by atoms with Crippen molar-refractivity contribution in [2.75, 3.05) is 18.5 Å². The topological polar surface area (TPSA) is 78.3 Å². The molecule has 1 aliphatic heterocycles. The number of nitrogens with zero attached hydrogens (tertiary/aromatic N) is 3. The van der Waals surface area contributed by atoms with Crippen LogP contribution in [-0.4, -0.2) is 33.9 Å². The third kappa shape index (κ3) is 3.29. The van der Waals surface area contributed by atoms with Crippen LogP contribution in [-0.2, 0) is 7.05 Å². The van der Waals surface area contributed by atoms with Gasteiger partial charge >= 0.3 is 0 Å². The Hall–Kier alpha value is -3.39. The summed E-state index contributed by atoms with van der Waals surface area (Å²) in [5, 5.41) is 10.2. The number of hydrogen-bond donors (Lipinski definition) is 1. The number of hydrogen-bond acceptors (Lipinski definition) is 6. The van der Waals surface area contributed by atoms with E-state index in [0.717, 1.165) is 28.1 Å². The monoisotopic (exact) mass is 420 g/mol. The molecule has 1 amide bonds. The van der Waals surface area contributed by atoms with E-state index in [1.165, 1.54) is 0 Å². The Kier molecular flexibility index (Phi) is 4.63. The highest BCUT2D eigenvalue weighted by molar-refractivity contribution is 7.13. The van der Waals surface area contributed by atoms with E-state index in [9.17, 15) is 4.79 Å². The number of thiophene rings is 1. The standard InChI is InChI=1S/C22H20N4O3S/c1-13-20-15(12-16(19-5-3-10-30-19)24-21(20)26(2)25-13)22(27)23-14-6-7-17-18(11-14)29-9-4-8-28-17/h3,5-7,10-12H,4,8-9H2,1-2H3,(H,23,27). The maximum absolute atomic E-state index is 13.3. The number of rotatable bonds is 3. The van der Waals surface area contributed by atoms with Gasteiger partial charge < -0.3 is 14.8 Å². The molecule has 0 spiro atoms. The second-order valence-electron chi connectivity index (χ2n) is 7.11. The number of carbonyl (C=O) groups excluding carboxylic acids is 1. The minimum Gasteiger partial charge on any atom is -0.490 e. The highest BCUT2D eigenvalue weighted by Gasteiger charge is 2.20. The van der Waals surface area contributed by atoms with Gasteiger partial charge in [-0.05, 0) is 36.6 Å². The van der Waals surface area contributed by atoms with Crippen molar-refractivity contribution in [3.63, 3.8) is 0 Å². The molecule has 1 aromatic carbocycles. The minimum atomic E-state index is -0.217. The van der Waals surface area contributed by atoms with E-state index >= 15 is 0 Å². The number of nitrogens with one attached hydrogen (secondary N) is 1. The summed E-state index contributed by atoms with van der Waals surface area (Å²) in [6.45, 7) is 3.10. The van der Waals surface area contributed by atoms with E-state index < -0.39 is 0 Å². The van der Waals surface area contributed by atoms with Crippen LogP contribution in [0, 0.1) is 6.92 Å². The van der Waals surface area contributed by atoms with Gasteiger partial charge in [-0.25, -0.2) is 4.98 Å². The Labute approximate surface area is 177 Å². The molecule has 4 heterocycles. The molecular formula is C22H20N4O3S. The Morgan fingerprint density at radius 2 is 2.00 bits per heavy atom. The third-order valence-electron chi connectivity index (χ3n) is 4.99. The quantitative estimate of drug-likeness (QED) is 0.531. The molecule has 8 heteroatoms. The number of ether oxygens (including phenoxy) is 2. The summed E-state index contributed by atoms with van der Waals surface area (Å²) in [4.78, 5) is 19.1. The molecule has 1 N–H and O–H groups in total. The molecule has 0 radical (unpaired) electrons. The van der Waals surface area contributed by atoms with Crippen LogP contribution >= 0.6 is 11.3 Å². The molecule has 1 aliphatic rings. The number of anilines is 1. The smallest absolute Gasteiger partial charge is 0.256 e. The molecule has 0 unspecified atom stereocenters. The van der Waals surface area contributed by atoms with E-state index in [1.807, 2.05) is 49.7 Å². The molecule has 5 rings (SSSR count). The van der Waals surface area contributed by atoms with Crippen molar-refractivity contribution >= 4 is 34.0 Å².